The zero-order chi connectivity index (χ0) is 25.3. The Morgan fingerprint density at radius 1 is 1.11 bits per heavy atom. The molecule has 0 radical (unpaired) electrons. The monoisotopic (exact) mass is 525 g/mol. The Morgan fingerprint density at radius 2 is 1.83 bits per heavy atom. The number of aromatic nitrogens is 2. The van der Waals surface area contributed by atoms with Crippen molar-refractivity contribution in [2.24, 2.45) is 5.92 Å². The summed E-state index contributed by atoms with van der Waals surface area (Å²) in [4.78, 5) is 25.1. The molecule has 2 aromatic rings. The van der Waals surface area contributed by atoms with Crippen molar-refractivity contribution in [3.8, 4) is 5.75 Å². The molecule has 1 aromatic carbocycles. The van der Waals surface area contributed by atoms with E-state index < -0.39 is 0 Å². The normalized spacial score (nSPS) is 17.5. The van der Waals surface area contributed by atoms with Crippen LogP contribution in [0.15, 0.2) is 42.7 Å². The number of hydrogen-bond donors (Lipinski definition) is 0. The summed E-state index contributed by atoms with van der Waals surface area (Å²) in [5, 5.41) is 0. The molecule has 191 valence electrons. The Labute approximate surface area is 224 Å². The van der Waals surface area contributed by atoms with Gasteiger partial charge in [0.15, 0.2) is 0 Å². The number of rotatable bonds is 11. The van der Waals surface area contributed by atoms with Gasteiger partial charge in [-0.1, -0.05) is 6.92 Å². The van der Waals surface area contributed by atoms with Crippen molar-refractivity contribution < 1.29 is 26.5 Å². The molecule has 0 N–H and O–H groups in total. The van der Waals surface area contributed by atoms with Crippen molar-refractivity contribution in [2.45, 2.75) is 58.8 Å². The molecule has 2 fully saturated rings. The quantitative estimate of drug-likeness (QED) is 0.418. The van der Waals surface area contributed by atoms with Crippen LogP contribution in [0.1, 0.15) is 63.5 Å². The van der Waals surface area contributed by atoms with Gasteiger partial charge in [-0.25, -0.2) is 9.97 Å². The van der Waals surface area contributed by atoms with Crippen LogP contribution in [0.4, 0.5) is 5.95 Å². The van der Waals surface area contributed by atoms with E-state index in [0.29, 0.717) is 24.7 Å². The maximum atomic E-state index is 11.5. The number of aryl methyl sites for hydroxylation is 1. The number of nitrogens with zero attached hydrogens (tertiary/aromatic N) is 4. The number of piperidine rings is 1. The van der Waals surface area contributed by atoms with Crippen LogP contribution in [0.3, 0.4) is 0 Å². The van der Waals surface area contributed by atoms with Crippen molar-refractivity contribution in [2.75, 3.05) is 37.7 Å². The van der Waals surface area contributed by atoms with Gasteiger partial charge in [-0.2, -0.15) is 0 Å². The van der Waals surface area contributed by atoms with Crippen LogP contribution in [0.5, 0.6) is 5.75 Å². The van der Waals surface area contributed by atoms with E-state index in [4.69, 9.17) is 4.74 Å². The van der Waals surface area contributed by atoms with E-state index >= 15 is 0 Å². The van der Waals surface area contributed by atoms with Crippen LogP contribution < -0.4 is 9.64 Å². The van der Waals surface area contributed by atoms with Crippen molar-refractivity contribution in [1.29, 1.82) is 0 Å². The third-order valence-electron chi connectivity index (χ3n) is 7.24. The van der Waals surface area contributed by atoms with Gasteiger partial charge >= 0.3 is 147 Å². The third kappa shape index (κ3) is 7.37. The molecular weight excluding hydrogens is 487 g/mol. The average molecular weight is 526 g/mol. The summed E-state index contributed by atoms with van der Waals surface area (Å²) in [6.45, 7) is 8.49. The molecule has 0 saturated carbocycles. The number of carbonyl (C=O) groups is 1. The number of allylic oxidation sites excluding steroid dienone is 2. The van der Waals surface area contributed by atoms with E-state index in [2.05, 4.69) is 80.9 Å². The second kappa shape index (κ2) is 13.3. The number of hydrogen-bond acceptors (Lipinski definition) is 6. The van der Waals surface area contributed by atoms with Crippen LogP contribution in [0.25, 0.3) is 5.57 Å². The Hall–Kier alpha value is -2.28. The number of Topliss-reactive ketones (excluding diaryl/α,β-unsaturated/α-hetero) is 1. The summed E-state index contributed by atoms with van der Waals surface area (Å²) in [5.41, 5.74) is 3.80. The second-order valence-corrected chi connectivity index (χ2v) is 10.6. The van der Waals surface area contributed by atoms with Gasteiger partial charge in [-0.05, 0) is 24.8 Å². The first-order valence-electron chi connectivity index (χ1n) is 13.3. The number of ketones is 1. The molecule has 0 spiro atoms. The second-order valence-electron chi connectivity index (χ2n) is 9.76. The van der Waals surface area contributed by atoms with E-state index in [9.17, 15) is 4.79 Å². The van der Waals surface area contributed by atoms with Crippen LogP contribution in [0, 0.1) is 5.92 Å². The number of carbonyl (C=O) groups excluding carboxylic acids is 1. The van der Waals surface area contributed by atoms with E-state index in [1.165, 1.54) is 21.1 Å². The van der Waals surface area contributed by atoms with Crippen LogP contribution >= 0.6 is 0 Å². The Balaban J connectivity index is 1.21. The van der Waals surface area contributed by atoms with Crippen LogP contribution in [0.2, 0.25) is 0 Å². The summed E-state index contributed by atoms with van der Waals surface area (Å²) >= 11 is 2.66. The zero-order valence-electron chi connectivity index (χ0n) is 21.7. The minimum atomic E-state index is 0.350. The van der Waals surface area contributed by atoms with Gasteiger partial charge in [0, 0.05) is 25.5 Å². The molecule has 7 heteroatoms. The molecule has 3 heterocycles. The fourth-order valence-corrected chi connectivity index (χ4v) is 5.29. The molecule has 0 aliphatic carbocycles. The van der Waals surface area contributed by atoms with Gasteiger partial charge in [0.05, 0.1) is 0 Å². The molecule has 4 rings (SSSR count). The van der Waals surface area contributed by atoms with Crippen molar-refractivity contribution in [3.05, 3.63) is 53.9 Å². The number of benzene rings is 1. The summed E-state index contributed by atoms with van der Waals surface area (Å²) in [6, 6.07) is 8.55. The molecule has 2 saturated heterocycles. The molecule has 0 atom stereocenters. The fraction of sp³-hybridized carbons (Fsp3) is 0.517. The minimum absolute atomic E-state index is 0.350. The fourth-order valence-electron chi connectivity index (χ4n) is 4.82. The predicted molar refractivity (Wildman–Crippen MR) is 142 cm³/mol. The van der Waals surface area contributed by atoms with E-state index in [1.807, 2.05) is 12.4 Å². The Kier molecular flexibility index (Phi) is 9.91. The summed E-state index contributed by atoms with van der Waals surface area (Å²) in [7, 11) is 0. The van der Waals surface area contributed by atoms with Gasteiger partial charge in [-0.3, -0.25) is 0 Å². The topological polar surface area (TPSA) is 58.6 Å². The Bertz CT molecular complexity index is 1040. The molecule has 2 aliphatic rings. The van der Waals surface area contributed by atoms with Crippen molar-refractivity contribution in [1.82, 2.24) is 14.9 Å². The average Bonchev–Trinajstić information content (AvgIpc) is 3.37. The first kappa shape index (κ1) is 26.8. The van der Waals surface area contributed by atoms with Crippen LogP contribution in [-0.2, 0) is 28.2 Å². The molecule has 1 aromatic heterocycles. The molecular formula is C29H38N4O2V. The first-order chi connectivity index (χ1) is 17.6. The van der Waals surface area contributed by atoms with E-state index in [-0.39, 0.29) is 0 Å². The van der Waals surface area contributed by atoms with Crippen molar-refractivity contribution >= 4 is 21.7 Å². The van der Waals surface area contributed by atoms with Crippen molar-refractivity contribution in [3.63, 3.8) is 0 Å². The molecule has 36 heavy (non-hydrogen) atoms. The molecule has 2 aliphatic heterocycles. The zero-order valence-corrected chi connectivity index (χ0v) is 23.1. The van der Waals surface area contributed by atoms with E-state index in [1.54, 1.807) is 0 Å². The Morgan fingerprint density at radius 3 is 2.44 bits per heavy atom. The van der Waals surface area contributed by atoms with E-state index in [0.717, 1.165) is 76.5 Å². The van der Waals surface area contributed by atoms with Gasteiger partial charge < -0.3 is 4.90 Å². The molecule has 0 bridgehead atoms. The van der Waals surface area contributed by atoms with Gasteiger partial charge in [0.1, 0.15) is 0 Å². The maximum absolute atomic E-state index is 11.5. The van der Waals surface area contributed by atoms with Crippen LogP contribution in [-0.4, -0.2) is 57.8 Å². The summed E-state index contributed by atoms with van der Waals surface area (Å²) < 4.78 is 7.42. The molecule has 0 unspecified atom stereocenters. The summed E-state index contributed by atoms with van der Waals surface area (Å²) in [6.07, 6.45) is 13.0. The molecule has 6 nitrogen and oxygen atoms in total. The van der Waals surface area contributed by atoms with Gasteiger partial charge in [-0.15, -0.1) is 0 Å². The van der Waals surface area contributed by atoms with Gasteiger partial charge in [0.25, 0.3) is 0 Å². The number of ether oxygens (including phenoxy) is 1. The predicted octanol–water partition coefficient (Wildman–Crippen LogP) is 4.86. The standard InChI is InChI=1S/C29H38N4O2.V/c1-3-23-19-30-29(31-20-23)33-17-12-24(13-18-33)22-35-28-10-8-26(9-11-28)25(4-2)7-5-6-15-32-16-14-27(34)21-32;/h7-11,19-20,24H,3-6,12-14,16-18,21-22H2,1-2H3;/b25-7+;. The third-order valence-corrected chi connectivity index (χ3v) is 8.03. The first-order valence-corrected chi connectivity index (χ1v) is 14.0. The number of likely N-dealkylation sites (tertiary alicyclic amines) is 1. The molecule has 0 amide bonds. The summed E-state index contributed by atoms with van der Waals surface area (Å²) in [5.74, 6) is 2.70. The van der Waals surface area contributed by atoms with Gasteiger partial charge in [0.2, 0.25) is 5.95 Å². The SMILES string of the molecule is CC/C(=C\CC[C](=[V])N1CCC(=O)C1)c1ccc(OCC2CCN(c3ncc(CC)cn3)CC2)cc1. The number of anilines is 1.